The summed E-state index contributed by atoms with van der Waals surface area (Å²) in [6, 6.07) is 13.4. The lowest BCUT2D eigenvalue weighted by Crippen LogP contribution is -2.23. The maximum Gasteiger partial charge on any atom is 0.335 e. The van der Waals surface area contributed by atoms with Crippen molar-refractivity contribution >= 4 is 57.9 Å². The molecule has 2 aromatic carbocycles. The molecule has 0 aliphatic carbocycles. The number of nitro groups is 1. The van der Waals surface area contributed by atoms with Gasteiger partial charge in [-0.25, -0.2) is 9.79 Å². The first-order valence-corrected chi connectivity index (χ1v) is 10.6. The van der Waals surface area contributed by atoms with E-state index in [0.717, 1.165) is 11.8 Å². The molecule has 166 valence electrons. The van der Waals surface area contributed by atoms with E-state index in [2.05, 4.69) is 4.99 Å². The zero-order valence-corrected chi connectivity index (χ0v) is 18.5. The zero-order valence-electron chi connectivity index (χ0n) is 16.9. The minimum atomic E-state index is -1.07. The van der Waals surface area contributed by atoms with Gasteiger partial charge in [-0.15, -0.1) is 0 Å². The first-order valence-electron chi connectivity index (χ1n) is 9.37. The normalized spacial score (nSPS) is 16.1. The van der Waals surface area contributed by atoms with Crippen LogP contribution in [0.3, 0.4) is 0 Å². The lowest BCUT2D eigenvalue weighted by molar-refractivity contribution is -0.384. The number of hydrogen-bond donors (Lipinski definition) is 1. The van der Waals surface area contributed by atoms with E-state index in [4.69, 9.17) is 21.1 Å². The fourth-order valence-electron chi connectivity index (χ4n) is 2.99. The number of carboxylic acids is 1. The summed E-state index contributed by atoms with van der Waals surface area (Å²) in [5.41, 5.74) is 0.728. The van der Waals surface area contributed by atoms with Gasteiger partial charge in [-0.05, 0) is 48.2 Å². The highest BCUT2D eigenvalue weighted by molar-refractivity contribution is 8.18. The second-order valence-electron chi connectivity index (χ2n) is 6.85. The van der Waals surface area contributed by atoms with Gasteiger partial charge in [-0.2, -0.15) is 0 Å². The Labute approximate surface area is 196 Å². The molecule has 0 atom stereocenters. The average Bonchev–Trinajstić information content (AvgIpc) is 3.35. The molecular formula is C22H14ClN3O6S. The Morgan fingerprint density at radius 3 is 2.76 bits per heavy atom. The van der Waals surface area contributed by atoms with Crippen molar-refractivity contribution in [1.29, 1.82) is 0 Å². The molecule has 2 heterocycles. The fourth-order valence-corrected chi connectivity index (χ4v) is 4.17. The number of rotatable bonds is 5. The molecule has 0 unspecified atom stereocenters. The maximum absolute atomic E-state index is 12.7. The molecule has 0 spiro atoms. The Balaban J connectivity index is 1.61. The molecule has 0 bridgehead atoms. The number of nitro benzene ring substituents is 1. The van der Waals surface area contributed by atoms with Gasteiger partial charge in [0.15, 0.2) is 5.17 Å². The van der Waals surface area contributed by atoms with Crippen molar-refractivity contribution < 1.29 is 24.0 Å². The number of benzene rings is 2. The molecule has 33 heavy (non-hydrogen) atoms. The second kappa shape index (κ2) is 8.93. The largest absolute Gasteiger partial charge is 0.478 e. The van der Waals surface area contributed by atoms with Gasteiger partial charge < -0.3 is 9.52 Å². The third-order valence-electron chi connectivity index (χ3n) is 4.65. The third kappa shape index (κ3) is 4.66. The maximum atomic E-state index is 12.7. The van der Waals surface area contributed by atoms with E-state index in [1.165, 1.54) is 41.3 Å². The minimum Gasteiger partial charge on any atom is -0.478 e. The predicted octanol–water partition coefficient (Wildman–Crippen LogP) is 5.44. The standard InChI is InChI=1S/C22H14ClN3O6S/c1-25-20(27)19(33-22(25)24-13-4-2-3-12(9-13)21(28)29)11-15-6-8-18(32-15)16-10-14(26(30)31)5-7-17(16)23/h2-11H,1H3,(H,28,29)/b19-11+,24-22?. The van der Waals surface area contributed by atoms with E-state index in [0.29, 0.717) is 37.9 Å². The first-order chi connectivity index (χ1) is 15.7. The SMILES string of the molecule is CN1C(=O)/C(=C\c2ccc(-c3cc([N+](=O)[O-])ccc3Cl)o2)SC1=Nc1cccc(C(=O)O)c1. The van der Waals surface area contributed by atoms with Crippen molar-refractivity contribution in [3.05, 3.63) is 86.0 Å². The molecular weight excluding hydrogens is 470 g/mol. The van der Waals surface area contributed by atoms with Gasteiger partial charge in [0.2, 0.25) is 0 Å². The van der Waals surface area contributed by atoms with Gasteiger partial charge in [-0.1, -0.05) is 17.7 Å². The molecule has 4 rings (SSSR count). The summed E-state index contributed by atoms with van der Waals surface area (Å²) >= 11 is 7.28. The summed E-state index contributed by atoms with van der Waals surface area (Å²) in [6.07, 6.45) is 1.54. The minimum absolute atomic E-state index is 0.0903. The number of hydrogen-bond acceptors (Lipinski definition) is 7. The van der Waals surface area contributed by atoms with E-state index in [-0.39, 0.29) is 17.2 Å². The highest BCUT2D eigenvalue weighted by Crippen LogP contribution is 2.36. The van der Waals surface area contributed by atoms with Gasteiger partial charge in [0, 0.05) is 30.8 Å². The number of aliphatic imine (C=N–C) groups is 1. The molecule has 1 N–H and O–H groups in total. The lowest BCUT2D eigenvalue weighted by atomic mass is 10.1. The predicted molar refractivity (Wildman–Crippen MR) is 125 cm³/mol. The number of nitrogens with zero attached hydrogens (tertiary/aromatic N) is 3. The average molecular weight is 484 g/mol. The highest BCUT2D eigenvalue weighted by Gasteiger charge is 2.31. The summed E-state index contributed by atoms with van der Waals surface area (Å²) in [7, 11) is 1.56. The highest BCUT2D eigenvalue weighted by atomic mass is 35.5. The van der Waals surface area contributed by atoms with E-state index < -0.39 is 10.9 Å². The zero-order chi connectivity index (χ0) is 23.7. The van der Waals surface area contributed by atoms with Crippen LogP contribution in [0.5, 0.6) is 0 Å². The van der Waals surface area contributed by atoms with Crippen LogP contribution in [0.15, 0.2) is 68.9 Å². The number of aromatic carboxylic acids is 1. The molecule has 0 radical (unpaired) electrons. The number of carbonyl (C=O) groups is 2. The molecule has 1 aliphatic rings. The molecule has 0 saturated carbocycles. The molecule has 3 aromatic rings. The van der Waals surface area contributed by atoms with E-state index >= 15 is 0 Å². The van der Waals surface area contributed by atoms with Gasteiger partial charge in [0.05, 0.1) is 26.1 Å². The number of carboxylic acid groups (broad SMARTS) is 1. The van der Waals surface area contributed by atoms with Gasteiger partial charge in [-0.3, -0.25) is 19.8 Å². The molecule has 1 aromatic heterocycles. The van der Waals surface area contributed by atoms with Crippen LogP contribution >= 0.6 is 23.4 Å². The number of halogens is 1. The van der Waals surface area contributed by atoms with Crippen LogP contribution in [0, 0.1) is 10.1 Å². The van der Waals surface area contributed by atoms with Gasteiger partial charge in [0.25, 0.3) is 11.6 Å². The van der Waals surface area contributed by atoms with Gasteiger partial charge in [0.1, 0.15) is 11.5 Å². The third-order valence-corrected chi connectivity index (χ3v) is 6.04. The van der Waals surface area contributed by atoms with E-state index in [9.17, 15) is 19.7 Å². The summed E-state index contributed by atoms with van der Waals surface area (Å²) < 4.78 is 5.75. The Bertz CT molecular complexity index is 1360. The molecule has 1 fully saturated rings. The van der Waals surface area contributed by atoms with Crippen molar-refractivity contribution in [2.45, 2.75) is 0 Å². The number of amidine groups is 1. The van der Waals surface area contributed by atoms with E-state index in [1.807, 2.05) is 0 Å². The number of carbonyl (C=O) groups excluding carboxylic acids is 1. The first kappa shape index (κ1) is 22.3. The number of thioether (sulfide) groups is 1. The fraction of sp³-hybridized carbons (Fsp3) is 0.0455. The van der Waals surface area contributed by atoms with Crippen LogP contribution in [0.1, 0.15) is 16.1 Å². The summed E-state index contributed by atoms with van der Waals surface area (Å²) in [5, 5.41) is 20.9. The van der Waals surface area contributed by atoms with Crippen molar-refractivity contribution in [3.63, 3.8) is 0 Å². The van der Waals surface area contributed by atoms with Crippen LogP contribution < -0.4 is 0 Å². The number of amides is 1. The molecule has 9 nitrogen and oxygen atoms in total. The van der Waals surface area contributed by atoms with Crippen molar-refractivity contribution in [3.8, 4) is 11.3 Å². The number of likely N-dealkylation sites (N-methyl/N-ethyl adjacent to an activating group) is 1. The summed E-state index contributed by atoms with van der Waals surface area (Å²) in [4.78, 5) is 40.4. The van der Waals surface area contributed by atoms with Crippen LogP contribution in [0.4, 0.5) is 11.4 Å². The van der Waals surface area contributed by atoms with Crippen molar-refractivity contribution in [1.82, 2.24) is 4.90 Å². The molecule has 11 heteroatoms. The topological polar surface area (TPSA) is 126 Å². The molecule has 1 aliphatic heterocycles. The Morgan fingerprint density at radius 1 is 1.24 bits per heavy atom. The van der Waals surface area contributed by atoms with Crippen molar-refractivity contribution in [2.24, 2.45) is 4.99 Å². The Hall–Kier alpha value is -3.89. The lowest BCUT2D eigenvalue weighted by Gasteiger charge is -2.07. The second-order valence-corrected chi connectivity index (χ2v) is 8.26. The summed E-state index contributed by atoms with van der Waals surface area (Å²) in [6.45, 7) is 0. The smallest absolute Gasteiger partial charge is 0.335 e. The molecule has 1 saturated heterocycles. The monoisotopic (exact) mass is 483 g/mol. The number of non-ortho nitro benzene ring substituents is 1. The van der Waals surface area contributed by atoms with Crippen LogP contribution in [-0.4, -0.2) is 39.0 Å². The van der Waals surface area contributed by atoms with E-state index in [1.54, 1.807) is 31.3 Å². The Kier molecular flexibility index (Phi) is 6.03. The Morgan fingerprint density at radius 2 is 2.03 bits per heavy atom. The molecule has 1 amide bonds. The van der Waals surface area contributed by atoms with Crippen LogP contribution in [0.2, 0.25) is 5.02 Å². The van der Waals surface area contributed by atoms with Gasteiger partial charge >= 0.3 is 5.97 Å². The quantitative estimate of drug-likeness (QED) is 0.291. The van der Waals surface area contributed by atoms with Crippen LogP contribution in [-0.2, 0) is 4.79 Å². The summed E-state index contributed by atoms with van der Waals surface area (Å²) in [5.74, 6) is -0.706. The van der Waals surface area contributed by atoms with Crippen LogP contribution in [0.25, 0.3) is 17.4 Å². The number of furan rings is 1. The van der Waals surface area contributed by atoms with Crippen molar-refractivity contribution in [2.75, 3.05) is 7.05 Å².